The molecular weight excluding hydrogens is 336 g/mol. The van der Waals surface area contributed by atoms with Crippen molar-refractivity contribution in [2.75, 3.05) is 46.0 Å². The third kappa shape index (κ3) is 3.83. The second kappa shape index (κ2) is 7.25. The van der Waals surface area contributed by atoms with Crippen molar-refractivity contribution in [2.24, 2.45) is 5.92 Å². The molecule has 2 heterocycles. The second-order valence-electron chi connectivity index (χ2n) is 7.06. The summed E-state index contributed by atoms with van der Waals surface area (Å²) in [6, 6.07) is 9.27. The summed E-state index contributed by atoms with van der Waals surface area (Å²) in [4.78, 5) is 28.5. The Morgan fingerprint density at radius 1 is 1.04 bits per heavy atom. The molecule has 2 saturated heterocycles. The van der Waals surface area contributed by atoms with Crippen molar-refractivity contribution in [1.29, 1.82) is 0 Å². The first-order chi connectivity index (χ1) is 12.7. The number of carbonyl (C=O) groups excluding carboxylic acids is 2. The van der Waals surface area contributed by atoms with Gasteiger partial charge in [0.05, 0.1) is 26.3 Å². The molecular formula is C19H24N2O5. The number of nitrogens with zero attached hydrogens (tertiary/aromatic N) is 2. The maximum atomic E-state index is 12.5. The van der Waals surface area contributed by atoms with E-state index >= 15 is 0 Å². The second-order valence-corrected chi connectivity index (χ2v) is 7.06. The molecule has 1 saturated carbocycles. The Hall–Kier alpha value is -2.12. The van der Waals surface area contributed by atoms with Crippen LogP contribution in [0.25, 0.3) is 0 Å². The third-order valence-corrected chi connectivity index (χ3v) is 5.01. The van der Waals surface area contributed by atoms with Gasteiger partial charge in [-0.2, -0.15) is 0 Å². The number of amides is 2. The highest BCUT2D eigenvalue weighted by Crippen LogP contribution is 2.33. The molecule has 0 aromatic heterocycles. The molecule has 2 amide bonds. The fourth-order valence-corrected chi connectivity index (χ4v) is 3.44. The van der Waals surface area contributed by atoms with Crippen molar-refractivity contribution in [3.05, 3.63) is 30.3 Å². The van der Waals surface area contributed by atoms with Crippen molar-refractivity contribution in [1.82, 2.24) is 9.80 Å². The highest BCUT2D eigenvalue weighted by molar-refractivity contribution is 5.81. The molecule has 1 spiro atoms. The minimum atomic E-state index is -0.913. The molecule has 2 aliphatic heterocycles. The summed E-state index contributed by atoms with van der Waals surface area (Å²) in [5.74, 6) is 0.00584. The molecule has 3 fully saturated rings. The van der Waals surface area contributed by atoms with Crippen LogP contribution < -0.4 is 4.74 Å². The van der Waals surface area contributed by atoms with Crippen molar-refractivity contribution in [3.8, 4) is 5.75 Å². The Bertz CT molecular complexity index is 659. The van der Waals surface area contributed by atoms with Crippen LogP contribution in [0.2, 0.25) is 0 Å². The molecule has 7 nitrogen and oxygen atoms in total. The molecule has 7 heteroatoms. The first kappa shape index (κ1) is 17.3. The standard InChI is InChI=1S/C19H24N2O5/c22-17(12-24-16-4-2-1-3-5-16)20-8-10-25-19(13-20)14-21(9-11-26-19)18(23)15-6-7-15/h1-5,15H,6-14H2. The van der Waals surface area contributed by atoms with E-state index in [9.17, 15) is 9.59 Å². The van der Waals surface area contributed by atoms with Gasteiger partial charge in [0.1, 0.15) is 5.75 Å². The average molecular weight is 360 g/mol. The van der Waals surface area contributed by atoms with Gasteiger partial charge in [-0.15, -0.1) is 0 Å². The van der Waals surface area contributed by atoms with Gasteiger partial charge in [0.2, 0.25) is 11.7 Å². The van der Waals surface area contributed by atoms with E-state index in [1.807, 2.05) is 35.2 Å². The molecule has 1 unspecified atom stereocenters. The molecule has 1 aromatic rings. The summed E-state index contributed by atoms with van der Waals surface area (Å²) >= 11 is 0. The summed E-state index contributed by atoms with van der Waals surface area (Å²) in [6.07, 6.45) is 1.96. The third-order valence-electron chi connectivity index (χ3n) is 5.01. The monoisotopic (exact) mass is 360 g/mol. The minimum absolute atomic E-state index is 0.0230. The summed E-state index contributed by atoms with van der Waals surface area (Å²) < 4.78 is 17.3. The molecule has 1 atom stereocenters. The molecule has 0 radical (unpaired) electrons. The fraction of sp³-hybridized carbons (Fsp3) is 0.579. The first-order valence-electron chi connectivity index (χ1n) is 9.18. The zero-order valence-electron chi connectivity index (χ0n) is 14.8. The largest absolute Gasteiger partial charge is 0.484 e. The van der Waals surface area contributed by atoms with Crippen molar-refractivity contribution >= 4 is 11.8 Å². The first-order valence-corrected chi connectivity index (χ1v) is 9.18. The van der Waals surface area contributed by atoms with Crippen LogP contribution in [0, 0.1) is 5.92 Å². The van der Waals surface area contributed by atoms with Crippen molar-refractivity contribution < 1.29 is 23.8 Å². The van der Waals surface area contributed by atoms with Crippen molar-refractivity contribution in [2.45, 2.75) is 18.6 Å². The minimum Gasteiger partial charge on any atom is -0.484 e. The number of rotatable bonds is 4. The summed E-state index contributed by atoms with van der Waals surface area (Å²) in [5.41, 5.74) is 0. The predicted octanol–water partition coefficient (Wildman–Crippen LogP) is 0.889. The topological polar surface area (TPSA) is 68.3 Å². The summed E-state index contributed by atoms with van der Waals surface area (Å²) in [6.45, 7) is 2.59. The van der Waals surface area contributed by atoms with Crippen LogP contribution in [0.5, 0.6) is 5.75 Å². The van der Waals surface area contributed by atoms with Crippen LogP contribution in [-0.4, -0.2) is 73.4 Å². The van der Waals surface area contributed by atoms with E-state index in [4.69, 9.17) is 14.2 Å². The lowest BCUT2D eigenvalue weighted by Gasteiger charge is -2.47. The Morgan fingerprint density at radius 2 is 1.69 bits per heavy atom. The van der Waals surface area contributed by atoms with Crippen LogP contribution in [-0.2, 0) is 19.1 Å². The van der Waals surface area contributed by atoms with E-state index in [-0.39, 0.29) is 24.3 Å². The Labute approximate surface area is 152 Å². The van der Waals surface area contributed by atoms with Crippen LogP contribution in [0.3, 0.4) is 0 Å². The van der Waals surface area contributed by atoms with Gasteiger partial charge in [-0.25, -0.2) is 0 Å². The van der Waals surface area contributed by atoms with E-state index in [0.29, 0.717) is 45.1 Å². The van der Waals surface area contributed by atoms with Gasteiger partial charge in [0.25, 0.3) is 5.91 Å². The number of morpholine rings is 2. The van der Waals surface area contributed by atoms with Gasteiger partial charge >= 0.3 is 0 Å². The Morgan fingerprint density at radius 3 is 2.38 bits per heavy atom. The smallest absolute Gasteiger partial charge is 0.260 e. The predicted molar refractivity (Wildman–Crippen MR) is 92.5 cm³/mol. The van der Waals surface area contributed by atoms with Gasteiger partial charge < -0.3 is 24.0 Å². The average Bonchev–Trinajstić information content (AvgIpc) is 3.52. The molecule has 140 valence electrons. The molecule has 1 aliphatic carbocycles. The molecule has 26 heavy (non-hydrogen) atoms. The maximum absolute atomic E-state index is 12.5. The number of benzene rings is 1. The van der Waals surface area contributed by atoms with Gasteiger partial charge in [-0.05, 0) is 25.0 Å². The van der Waals surface area contributed by atoms with Crippen LogP contribution in [0.4, 0.5) is 0 Å². The highest BCUT2D eigenvalue weighted by Gasteiger charge is 2.46. The van der Waals surface area contributed by atoms with E-state index in [1.54, 1.807) is 4.90 Å². The Balaban J connectivity index is 1.35. The fourth-order valence-electron chi connectivity index (χ4n) is 3.44. The van der Waals surface area contributed by atoms with E-state index in [2.05, 4.69) is 0 Å². The van der Waals surface area contributed by atoms with Crippen LogP contribution >= 0.6 is 0 Å². The van der Waals surface area contributed by atoms with Crippen molar-refractivity contribution in [3.63, 3.8) is 0 Å². The number of para-hydroxylation sites is 1. The zero-order chi connectivity index (χ0) is 18.0. The Kier molecular flexibility index (Phi) is 4.82. The van der Waals surface area contributed by atoms with Gasteiger partial charge in [0, 0.05) is 19.0 Å². The SMILES string of the molecule is O=C(COc1ccccc1)N1CCOC2(C1)CN(C(=O)C1CC1)CCO2. The summed E-state index contributed by atoms with van der Waals surface area (Å²) in [7, 11) is 0. The van der Waals surface area contributed by atoms with Gasteiger partial charge in [0.15, 0.2) is 6.61 Å². The highest BCUT2D eigenvalue weighted by atomic mass is 16.7. The maximum Gasteiger partial charge on any atom is 0.260 e. The normalized spacial score (nSPS) is 26.0. The van der Waals surface area contributed by atoms with E-state index in [1.165, 1.54) is 0 Å². The number of hydrogen-bond acceptors (Lipinski definition) is 5. The quantitative estimate of drug-likeness (QED) is 0.798. The molecule has 0 N–H and O–H groups in total. The molecule has 4 rings (SSSR count). The number of hydrogen-bond donors (Lipinski definition) is 0. The lowest BCUT2D eigenvalue weighted by atomic mass is 10.1. The van der Waals surface area contributed by atoms with Gasteiger partial charge in [-0.3, -0.25) is 9.59 Å². The lowest BCUT2D eigenvalue weighted by molar-refractivity contribution is -0.287. The molecule has 1 aromatic carbocycles. The van der Waals surface area contributed by atoms with Crippen LogP contribution in [0.1, 0.15) is 12.8 Å². The number of carbonyl (C=O) groups is 2. The summed E-state index contributed by atoms with van der Waals surface area (Å²) in [5, 5.41) is 0. The van der Waals surface area contributed by atoms with Gasteiger partial charge in [-0.1, -0.05) is 18.2 Å². The number of ether oxygens (including phenoxy) is 3. The van der Waals surface area contributed by atoms with E-state index < -0.39 is 5.79 Å². The van der Waals surface area contributed by atoms with Crippen LogP contribution in [0.15, 0.2) is 30.3 Å². The molecule has 0 bridgehead atoms. The molecule has 3 aliphatic rings. The van der Waals surface area contributed by atoms with E-state index in [0.717, 1.165) is 12.8 Å². The lowest BCUT2D eigenvalue weighted by Crippen LogP contribution is -2.64. The zero-order valence-corrected chi connectivity index (χ0v) is 14.8.